The minimum absolute atomic E-state index is 0.0415. The quantitative estimate of drug-likeness (QED) is 0.836. The fourth-order valence-corrected chi connectivity index (χ4v) is 3.04. The highest BCUT2D eigenvalue weighted by atomic mass is 32.1. The molecule has 0 amide bonds. The number of ether oxygens (including phenoxy) is 1. The molecule has 1 aromatic carbocycles. The van der Waals surface area contributed by atoms with Crippen LogP contribution >= 0.6 is 12.2 Å². The number of likely N-dealkylation sites (N-methyl/N-ethyl adjacent to an activating group) is 1. The van der Waals surface area contributed by atoms with Crippen molar-refractivity contribution in [1.29, 1.82) is 0 Å². The van der Waals surface area contributed by atoms with E-state index in [1.807, 2.05) is 18.2 Å². The fraction of sp³-hybridized carbons (Fsp3) is 0.533. The molecule has 1 fully saturated rings. The van der Waals surface area contributed by atoms with Gasteiger partial charge in [-0.25, -0.2) is 0 Å². The summed E-state index contributed by atoms with van der Waals surface area (Å²) in [5, 5.41) is 0. The molecule has 20 heavy (non-hydrogen) atoms. The Morgan fingerprint density at radius 1 is 1.30 bits per heavy atom. The van der Waals surface area contributed by atoms with Crippen LogP contribution in [-0.2, 0) is 0 Å². The summed E-state index contributed by atoms with van der Waals surface area (Å²) in [5.74, 6) is 0.850. The van der Waals surface area contributed by atoms with Crippen LogP contribution in [0.5, 0.6) is 5.75 Å². The lowest BCUT2D eigenvalue weighted by Gasteiger charge is -2.39. The van der Waals surface area contributed by atoms with E-state index in [0.717, 1.165) is 44.0 Å². The van der Waals surface area contributed by atoms with Gasteiger partial charge in [0.05, 0.1) is 18.1 Å². The highest BCUT2D eigenvalue weighted by Crippen LogP contribution is 2.30. The molecule has 1 aliphatic heterocycles. The first-order valence-electron chi connectivity index (χ1n) is 7.06. The van der Waals surface area contributed by atoms with Gasteiger partial charge in [-0.05, 0) is 12.6 Å². The van der Waals surface area contributed by atoms with Crippen LogP contribution in [0, 0.1) is 0 Å². The van der Waals surface area contributed by atoms with E-state index >= 15 is 0 Å². The summed E-state index contributed by atoms with van der Waals surface area (Å²) >= 11 is 5.31. The minimum atomic E-state index is -0.0415. The van der Waals surface area contributed by atoms with Gasteiger partial charge in [0.2, 0.25) is 0 Å². The maximum Gasteiger partial charge on any atom is 0.124 e. The molecule has 4 nitrogen and oxygen atoms in total. The van der Waals surface area contributed by atoms with Crippen molar-refractivity contribution < 1.29 is 4.74 Å². The molecule has 1 saturated heterocycles. The molecule has 2 N–H and O–H groups in total. The molecule has 1 unspecified atom stereocenters. The third-order valence-corrected chi connectivity index (χ3v) is 4.15. The average molecular weight is 293 g/mol. The van der Waals surface area contributed by atoms with Gasteiger partial charge in [0.15, 0.2) is 0 Å². The number of hydrogen-bond donors (Lipinski definition) is 1. The number of rotatable bonds is 5. The Bertz CT molecular complexity index is 458. The topological polar surface area (TPSA) is 41.7 Å². The molecule has 0 radical (unpaired) electrons. The van der Waals surface area contributed by atoms with Gasteiger partial charge in [-0.15, -0.1) is 0 Å². The first-order valence-corrected chi connectivity index (χ1v) is 7.46. The third-order valence-electron chi connectivity index (χ3n) is 3.92. The molecule has 1 heterocycles. The van der Waals surface area contributed by atoms with Crippen LogP contribution in [0.3, 0.4) is 0 Å². The van der Waals surface area contributed by atoms with Crippen molar-refractivity contribution >= 4 is 17.2 Å². The molecule has 110 valence electrons. The summed E-state index contributed by atoms with van der Waals surface area (Å²) in [6.45, 7) is 7.37. The molecule has 1 atom stereocenters. The first kappa shape index (κ1) is 15.2. The van der Waals surface area contributed by atoms with Crippen LogP contribution in [0.15, 0.2) is 24.3 Å². The van der Waals surface area contributed by atoms with Crippen LogP contribution in [0.25, 0.3) is 0 Å². The van der Waals surface area contributed by atoms with Crippen LogP contribution in [-0.4, -0.2) is 54.6 Å². The number of methoxy groups -OCH3 is 1. The van der Waals surface area contributed by atoms with Crippen molar-refractivity contribution in [3.8, 4) is 5.75 Å². The zero-order valence-corrected chi connectivity index (χ0v) is 13.0. The summed E-state index contributed by atoms with van der Waals surface area (Å²) in [7, 11) is 1.68. The predicted molar refractivity (Wildman–Crippen MR) is 86.2 cm³/mol. The Morgan fingerprint density at radius 2 is 1.95 bits per heavy atom. The van der Waals surface area contributed by atoms with E-state index in [0.29, 0.717) is 4.99 Å². The Kier molecular flexibility index (Phi) is 5.34. The van der Waals surface area contributed by atoms with Crippen molar-refractivity contribution in [2.75, 3.05) is 39.8 Å². The van der Waals surface area contributed by atoms with Gasteiger partial charge in [-0.2, -0.15) is 0 Å². The molecule has 1 aromatic rings. The standard InChI is InChI=1S/C15H23N3OS/c1-3-17-8-10-18(11-9-17)14(15(16)20)12-6-4-5-7-13(12)19-2/h4-7,14H,3,8-11H2,1-2H3,(H2,16,20). The van der Waals surface area contributed by atoms with Gasteiger partial charge in [0, 0.05) is 31.7 Å². The predicted octanol–water partition coefficient (Wildman–Crippen LogP) is 1.66. The van der Waals surface area contributed by atoms with E-state index in [-0.39, 0.29) is 6.04 Å². The maximum atomic E-state index is 6.01. The second-order valence-corrected chi connectivity index (χ2v) is 5.49. The van der Waals surface area contributed by atoms with Gasteiger partial charge < -0.3 is 15.4 Å². The molecular weight excluding hydrogens is 270 g/mol. The summed E-state index contributed by atoms with van der Waals surface area (Å²) in [5.41, 5.74) is 7.07. The van der Waals surface area contributed by atoms with Crippen molar-refractivity contribution in [3.05, 3.63) is 29.8 Å². The van der Waals surface area contributed by atoms with E-state index < -0.39 is 0 Å². The molecule has 0 bridgehead atoms. The monoisotopic (exact) mass is 293 g/mol. The van der Waals surface area contributed by atoms with Crippen LogP contribution in [0.4, 0.5) is 0 Å². The fourth-order valence-electron chi connectivity index (χ4n) is 2.76. The molecular formula is C15H23N3OS. The maximum absolute atomic E-state index is 6.01. The van der Waals surface area contributed by atoms with Gasteiger partial charge in [-0.3, -0.25) is 4.90 Å². The second kappa shape index (κ2) is 7.02. The highest BCUT2D eigenvalue weighted by molar-refractivity contribution is 7.80. The number of nitrogens with zero attached hydrogens (tertiary/aromatic N) is 2. The lowest BCUT2D eigenvalue weighted by Crippen LogP contribution is -2.49. The lowest BCUT2D eigenvalue weighted by molar-refractivity contribution is 0.121. The average Bonchev–Trinajstić information content (AvgIpc) is 2.48. The number of benzene rings is 1. The Hall–Kier alpha value is -1.17. The van der Waals surface area contributed by atoms with Gasteiger partial charge in [0.1, 0.15) is 5.75 Å². The minimum Gasteiger partial charge on any atom is -0.496 e. The molecule has 5 heteroatoms. The van der Waals surface area contributed by atoms with Crippen molar-refractivity contribution in [3.63, 3.8) is 0 Å². The van der Waals surface area contributed by atoms with Crippen LogP contribution in [0.1, 0.15) is 18.5 Å². The van der Waals surface area contributed by atoms with Crippen LogP contribution < -0.4 is 10.5 Å². The first-order chi connectivity index (χ1) is 9.67. The summed E-state index contributed by atoms with van der Waals surface area (Å²) < 4.78 is 5.46. The molecule has 0 saturated carbocycles. The molecule has 0 spiro atoms. The van der Waals surface area contributed by atoms with Crippen molar-refractivity contribution in [1.82, 2.24) is 9.80 Å². The SMILES string of the molecule is CCN1CCN(C(C(N)=S)c2ccccc2OC)CC1. The summed E-state index contributed by atoms with van der Waals surface area (Å²) in [4.78, 5) is 5.31. The smallest absolute Gasteiger partial charge is 0.124 e. The number of hydrogen-bond acceptors (Lipinski definition) is 4. The third kappa shape index (κ3) is 3.29. The van der Waals surface area contributed by atoms with Crippen molar-refractivity contribution in [2.45, 2.75) is 13.0 Å². The normalized spacial score (nSPS) is 18.7. The Morgan fingerprint density at radius 3 is 2.50 bits per heavy atom. The molecule has 0 aromatic heterocycles. The second-order valence-electron chi connectivity index (χ2n) is 5.02. The Labute approximate surface area is 126 Å². The van der Waals surface area contributed by atoms with E-state index in [2.05, 4.69) is 22.8 Å². The zero-order chi connectivity index (χ0) is 14.5. The number of thiocarbonyl (C=S) groups is 1. The lowest BCUT2D eigenvalue weighted by atomic mass is 10.0. The molecule has 2 rings (SSSR count). The number of nitrogens with two attached hydrogens (primary N) is 1. The number of para-hydroxylation sites is 1. The van der Waals surface area contributed by atoms with E-state index in [4.69, 9.17) is 22.7 Å². The number of piperazine rings is 1. The molecule has 0 aliphatic carbocycles. The Balaban J connectivity index is 2.22. The summed E-state index contributed by atoms with van der Waals surface area (Å²) in [6, 6.07) is 7.94. The van der Waals surface area contributed by atoms with Gasteiger partial charge >= 0.3 is 0 Å². The van der Waals surface area contributed by atoms with E-state index in [1.165, 1.54) is 0 Å². The molecule has 1 aliphatic rings. The van der Waals surface area contributed by atoms with Crippen LogP contribution in [0.2, 0.25) is 0 Å². The van der Waals surface area contributed by atoms with Crippen molar-refractivity contribution in [2.24, 2.45) is 5.73 Å². The van der Waals surface area contributed by atoms with E-state index in [1.54, 1.807) is 7.11 Å². The van der Waals surface area contributed by atoms with Gasteiger partial charge in [0.25, 0.3) is 0 Å². The highest BCUT2D eigenvalue weighted by Gasteiger charge is 2.28. The van der Waals surface area contributed by atoms with Gasteiger partial charge in [-0.1, -0.05) is 37.3 Å². The summed E-state index contributed by atoms with van der Waals surface area (Å²) in [6.07, 6.45) is 0. The largest absolute Gasteiger partial charge is 0.496 e. The van der Waals surface area contributed by atoms with E-state index in [9.17, 15) is 0 Å². The zero-order valence-electron chi connectivity index (χ0n) is 12.2.